The molecule has 0 spiro atoms. The minimum atomic E-state index is -0.264. The number of aliphatic hydroxyl groups is 1. The first-order chi connectivity index (χ1) is 10.7. The maximum atomic E-state index is 12.8. The number of benzene rings is 1. The van der Waals surface area contributed by atoms with E-state index in [1.807, 2.05) is 6.92 Å². The van der Waals surface area contributed by atoms with Crippen molar-refractivity contribution in [1.29, 1.82) is 0 Å². The zero-order valence-electron chi connectivity index (χ0n) is 13.0. The summed E-state index contributed by atoms with van der Waals surface area (Å²) in [6, 6.07) is 6.01. The normalized spacial score (nSPS) is 18.6. The van der Waals surface area contributed by atoms with E-state index in [0.29, 0.717) is 25.4 Å². The van der Waals surface area contributed by atoms with Crippen molar-refractivity contribution < 1.29 is 14.2 Å². The van der Waals surface area contributed by atoms with Gasteiger partial charge in [0.05, 0.1) is 12.7 Å². The van der Waals surface area contributed by atoms with Crippen molar-refractivity contribution in [3.63, 3.8) is 0 Å². The summed E-state index contributed by atoms with van der Waals surface area (Å²) in [6.07, 6.45) is 1.31. The van der Waals surface area contributed by atoms with Crippen LogP contribution >= 0.6 is 0 Å². The number of rotatable bonds is 6. The molecule has 1 aliphatic rings. The van der Waals surface area contributed by atoms with Gasteiger partial charge in [0.1, 0.15) is 11.6 Å². The zero-order valence-corrected chi connectivity index (χ0v) is 13.0. The number of guanidine groups is 1. The number of aliphatic imine (C=N–C) groups is 1. The molecular formula is C16H24FN3O2. The Kier molecular flexibility index (Phi) is 6.45. The van der Waals surface area contributed by atoms with Crippen LogP contribution in [-0.2, 0) is 0 Å². The van der Waals surface area contributed by atoms with E-state index in [-0.39, 0.29) is 11.9 Å². The lowest BCUT2D eigenvalue weighted by atomic mass is 10.3. The second kappa shape index (κ2) is 8.58. The summed E-state index contributed by atoms with van der Waals surface area (Å²) in [5.41, 5.74) is 0. The number of ether oxygens (including phenoxy) is 1. The Bertz CT molecular complexity index is 479. The van der Waals surface area contributed by atoms with Crippen molar-refractivity contribution in [1.82, 2.24) is 10.2 Å². The van der Waals surface area contributed by atoms with E-state index < -0.39 is 0 Å². The van der Waals surface area contributed by atoms with Crippen LogP contribution in [0.3, 0.4) is 0 Å². The summed E-state index contributed by atoms with van der Waals surface area (Å²) in [6.45, 7) is 5.49. The zero-order chi connectivity index (χ0) is 15.8. The predicted molar refractivity (Wildman–Crippen MR) is 84.7 cm³/mol. The quantitative estimate of drug-likeness (QED) is 0.476. The fourth-order valence-electron chi connectivity index (χ4n) is 2.33. The lowest BCUT2D eigenvalue weighted by Crippen LogP contribution is -2.40. The molecule has 5 nitrogen and oxygen atoms in total. The molecule has 0 aliphatic carbocycles. The van der Waals surface area contributed by atoms with Crippen LogP contribution in [0.4, 0.5) is 4.39 Å². The predicted octanol–water partition coefficient (Wildman–Crippen LogP) is 1.63. The smallest absolute Gasteiger partial charge is 0.194 e. The maximum Gasteiger partial charge on any atom is 0.194 e. The van der Waals surface area contributed by atoms with E-state index in [4.69, 9.17) is 4.74 Å². The molecule has 1 aliphatic heterocycles. The van der Waals surface area contributed by atoms with Crippen LogP contribution in [0.2, 0.25) is 0 Å². The van der Waals surface area contributed by atoms with Gasteiger partial charge in [-0.05, 0) is 37.6 Å². The molecule has 0 saturated carbocycles. The summed E-state index contributed by atoms with van der Waals surface area (Å²) >= 11 is 0. The van der Waals surface area contributed by atoms with Crippen molar-refractivity contribution in [3.05, 3.63) is 30.1 Å². The minimum Gasteiger partial charge on any atom is -0.494 e. The molecular weight excluding hydrogens is 285 g/mol. The van der Waals surface area contributed by atoms with E-state index in [1.165, 1.54) is 12.1 Å². The number of likely N-dealkylation sites (tertiary alicyclic amines) is 1. The van der Waals surface area contributed by atoms with Crippen LogP contribution in [0.5, 0.6) is 5.75 Å². The molecule has 0 unspecified atom stereocenters. The number of hydrogen-bond donors (Lipinski definition) is 2. The van der Waals surface area contributed by atoms with Crippen molar-refractivity contribution in [2.24, 2.45) is 4.99 Å². The second-order valence-electron chi connectivity index (χ2n) is 5.28. The Labute approximate surface area is 130 Å². The van der Waals surface area contributed by atoms with E-state index in [2.05, 4.69) is 15.2 Å². The Morgan fingerprint density at radius 3 is 2.86 bits per heavy atom. The van der Waals surface area contributed by atoms with Gasteiger partial charge in [0, 0.05) is 32.6 Å². The Balaban J connectivity index is 1.73. The number of nitrogens with zero attached hydrogens (tertiary/aromatic N) is 2. The van der Waals surface area contributed by atoms with Crippen LogP contribution in [-0.4, -0.2) is 54.9 Å². The Morgan fingerprint density at radius 1 is 1.45 bits per heavy atom. The van der Waals surface area contributed by atoms with Crippen LogP contribution in [0.25, 0.3) is 0 Å². The molecule has 0 aromatic heterocycles. The van der Waals surface area contributed by atoms with Gasteiger partial charge in [0.15, 0.2) is 5.96 Å². The third-order valence-corrected chi connectivity index (χ3v) is 3.44. The highest BCUT2D eigenvalue weighted by Gasteiger charge is 2.22. The molecule has 6 heteroatoms. The highest BCUT2D eigenvalue weighted by Crippen LogP contribution is 2.11. The average molecular weight is 309 g/mol. The molecule has 0 bridgehead atoms. The fourth-order valence-corrected chi connectivity index (χ4v) is 2.33. The van der Waals surface area contributed by atoms with Gasteiger partial charge in [-0.25, -0.2) is 4.39 Å². The number of β-amino-alcohol motifs (C(OH)–C–C–N with tert-alkyl or cyclic N) is 1. The summed E-state index contributed by atoms with van der Waals surface area (Å²) in [7, 11) is 0. The van der Waals surface area contributed by atoms with Gasteiger partial charge in [-0.1, -0.05) is 0 Å². The first-order valence-electron chi connectivity index (χ1n) is 7.78. The summed E-state index contributed by atoms with van der Waals surface area (Å²) in [4.78, 5) is 6.63. The summed E-state index contributed by atoms with van der Waals surface area (Å²) in [5, 5.41) is 12.8. The number of halogens is 1. The highest BCUT2D eigenvalue weighted by atomic mass is 19.1. The van der Waals surface area contributed by atoms with Crippen LogP contribution in [0.15, 0.2) is 29.3 Å². The van der Waals surface area contributed by atoms with Crippen LogP contribution in [0.1, 0.15) is 19.8 Å². The highest BCUT2D eigenvalue weighted by molar-refractivity contribution is 5.80. The lowest BCUT2D eigenvalue weighted by molar-refractivity contribution is 0.187. The van der Waals surface area contributed by atoms with Crippen molar-refractivity contribution in [3.8, 4) is 5.75 Å². The molecule has 0 radical (unpaired) electrons. The van der Waals surface area contributed by atoms with E-state index >= 15 is 0 Å². The van der Waals surface area contributed by atoms with Gasteiger partial charge in [-0.3, -0.25) is 4.99 Å². The monoisotopic (exact) mass is 309 g/mol. The molecule has 1 aromatic carbocycles. The van der Waals surface area contributed by atoms with E-state index in [9.17, 15) is 9.50 Å². The molecule has 1 atom stereocenters. The topological polar surface area (TPSA) is 57.1 Å². The van der Waals surface area contributed by atoms with Crippen molar-refractivity contribution in [2.75, 3.05) is 32.8 Å². The first kappa shape index (κ1) is 16.5. The molecule has 1 aromatic rings. The number of nitrogens with one attached hydrogen (secondary N) is 1. The average Bonchev–Trinajstić information content (AvgIpc) is 2.94. The molecule has 1 saturated heterocycles. The van der Waals surface area contributed by atoms with E-state index in [1.54, 1.807) is 12.1 Å². The van der Waals surface area contributed by atoms with Crippen molar-refractivity contribution in [2.45, 2.75) is 25.9 Å². The lowest BCUT2D eigenvalue weighted by Gasteiger charge is -2.20. The largest absolute Gasteiger partial charge is 0.494 e. The second-order valence-corrected chi connectivity index (χ2v) is 5.28. The van der Waals surface area contributed by atoms with Gasteiger partial charge >= 0.3 is 0 Å². The molecule has 0 amide bonds. The molecule has 22 heavy (non-hydrogen) atoms. The maximum absolute atomic E-state index is 12.8. The van der Waals surface area contributed by atoms with Crippen molar-refractivity contribution >= 4 is 5.96 Å². The Hall–Kier alpha value is -1.82. The first-order valence-corrected chi connectivity index (χ1v) is 7.78. The van der Waals surface area contributed by atoms with Gasteiger partial charge in [0.25, 0.3) is 0 Å². The SMILES string of the molecule is CCNC(=NCCCOc1ccc(F)cc1)N1CC[C@@H](O)C1. The van der Waals surface area contributed by atoms with Gasteiger partial charge in [0.2, 0.25) is 0 Å². The van der Waals surface area contributed by atoms with E-state index in [0.717, 1.165) is 31.9 Å². The molecule has 2 N–H and O–H groups in total. The molecule has 1 heterocycles. The summed E-state index contributed by atoms with van der Waals surface area (Å²) in [5.74, 6) is 1.25. The molecule has 122 valence electrons. The van der Waals surface area contributed by atoms with Crippen LogP contribution < -0.4 is 10.1 Å². The number of hydrogen-bond acceptors (Lipinski definition) is 3. The fraction of sp³-hybridized carbons (Fsp3) is 0.562. The number of aliphatic hydroxyl groups excluding tert-OH is 1. The standard InChI is InChI=1S/C16H24FN3O2/c1-2-18-16(20-10-8-14(21)12-20)19-9-3-11-22-15-6-4-13(17)5-7-15/h4-7,14,21H,2-3,8-12H2,1H3,(H,18,19)/t14-/m1/s1. The third kappa shape index (κ3) is 5.18. The molecule has 1 fully saturated rings. The van der Waals surface area contributed by atoms with Crippen LogP contribution in [0, 0.1) is 5.82 Å². The summed E-state index contributed by atoms with van der Waals surface area (Å²) < 4.78 is 18.3. The third-order valence-electron chi connectivity index (χ3n) is 3.44. The minimum absolute atomic E-state index is 0.259. The Morgan fingerprint density at radius 2 is 2.23 bits per heavy atom. The van der Waals surface area contributed by atoms with Gasteiger partial charge in [-0.2, -0.15) is 0 Å². The van der Waals surface area contributed by atoms with Gasteiger partial charge < -0.3 is 20.1 Å². The molecule has 2 rings (SSSR count). The van der Waals surface area contributed by atoms with Gasteiger partial charge in [-0.15, -0.1) is 0 Å².